The number of allylic oxidation sites excluding steroid dienone is 12. The van der Waals surface area contributed by atoms with Crippen molar-refractivity contribution in [1.29, 1.82) is 0 Å². The zero-order chi connectivity index (χ0) is 55.5. The molecule has 0 rings (SSSR count). The Balaban J connectivity index is 4.73. The summed E-state index contributed by atoms with van der Waals surface area (Å²) in [4.78, 5) is 48.7. The second-order valence-corrected chi connectivity index (χ2v) is 21.9. The Hall–Kier alpha value is -3.08. The molecule has 0 saturated carbocycles. The smallest absolute Gasteiger partial charge is 0.462 e. The zero-order valence-corrected chi connectivity index (χ0v) is 49.6. The predicted molar refractivity (Wildman–Crippen MR) is 316 cm³/mol. The van der Waals surface area contributed by atoms with E-state index >= 15 is 0 Å². The van der Waals surface area contributed by atoms with Crippen LogP contribution < -0.4 is 0 Å². The maximum Gasteiger partial charge on any atom is 0.472 e. The van der Waals surface area contributed by atoms with Gasteiger partial charge in [-0.1, -0.05) is 222 Å². The number of unbranched alkanes of at least 4 members (excludes halogenated alkanes) is 28. The van der Waals surface area contributed by atoms with Crippen molar-refractivity contribution >= 4 is 25.7 Å². The van der Waals surface area contributed by atoms with Crippen LogP contribution in [0.4, 0.5) is 0 Å². The topological polar surface area (TPSA) is 155 Å². The summed E-state index contributed by atoms with van der Waals surface area (Å²) < 4.78 is 39.6. The number of phosphoric ester groups is 1. The third-order valence-electron chi connectivity index (χ3n) is 13.1. The number of ether oxygens (including phenoxy) is 3. The lowest BCUT2D eigenvalue weighted by Gasteiger charge is -2.21. The first-order valence-corrected chi connectivity index (χ1v) is 32.3. The first kappa shape index (κ1) is 72.9. The lowest BCUT2D eigenvalue weighted by molar-refractivity contribution is -0.161. The maximum atomic E-state index is 12.9. The largest absolute Gasteiger partial charge is 0.472 e. The van der Waals surface area contributed by atoms with Gasteiger partial charge in [-0.3, -0.25) is 23.4 Å². The van der Waals surface area contributed by atoms with Crippen LogP contribution in [0.25, 0.3) is 0 Å². The Morgan fingerprint density at radius 1 is 0.382 bits per heavy atom. The number of aliphatic hydroxyl groups excluding tert-OH is 1. The molecule has 0 aromatic heterocycles. The van der Waals surface area contributed by atoms with Gasteiger partial charge in [-0.25, -0.2) is 4.57 Å². The summed E-state index contributed by atoms with van der Waals surface area (Å²) >= 11 is 0. The van der Waals surface area contributed by atoms with Gasteiger partial charge in [0.2, 0.25) is 0 Å². The van der Waals surface area contributed by atoms with Crippen LogP contribution >= 0.6 is 7.82 Å². The van der Waals surface area contributed by atoms with Gasteiger partial charge in [0.05, 0.1) is 19.8 Å². The fourth-order valence-electron chi connectivity index (χ4n) is 8.40. The van der Waals surface area contributed by atoms with E-state index < -0.39 is 57.8 Å². The average Bonchev–Trinajstić information content (AvgIpc) is 3.41. The molecule has 12 heteroatoms. The average molecular weight is 1090 g/mol. The summed E-state index contributed by atoms with van der Waals surface area (Å²) in [5, 5.41) is 9.82. The van der Waals surface area contributed by atoms with Crippen LogP contribution in [-0.2, 0) is 42.2 Å². The molecule has 0 saturated heterocycles. The third-order valence-corrected chi connectivity index (χ3v) is 14.0. The van der Waals surface area contributed by atoms with E-state index in [9.17, 15) is 28.9 Å². The van der Waals surface area contributed by atoms with E-state index in [4.69, 9.17) is 23.3 Å². The molecule has 11 nitrogen and oxygen atoms in total. The van der Waals surface area contributed by atoms with Gasteiger partial charge in [-0.15, -0.1) is 0 Å². The van der Waals surface area contributed by atoms with Gasteiger partial charge in [0, 0.05) is 19.3 Å². The van der Waals surface area contributed by atoms with E-state index in [0.717, 1.165) is 122 Å². The Morgan fingerprint density at radius 2 is 0.684 bits per heavy atom. The lowest BCUT2D eigenvalue weighted by atomic mass is 10.1. The van der Waals surface area contributed by atoms with Gasteiger partial charge in [0.25, 0.3) is 0 Å². The monoisotopic (exact) mass is 1090 g/mol. The second kappa shape index (κ2) is 58.1. The molecule has 0 radical (unpaired) electrons. The first-order chi connectivity index (χ1) is 37.2. The standard InChI is InChI=1S/C64H113O11P/c1-4-7-10-13-16-19-22-25-27-29-30-32-34-37-40-43-46-49-52-55-64(68)75-61(57-71-62(66)53-50-47-44-41-38-36-33-31-28-26-23-20-17-14-11-8-5-2)59-73-76(69,70)72-58-60(56-65)74-63(67)54-51-48-45-42-39-35-24-21-18-15-12-9-6-3/h8,11,16-17,19-21,24-28,60-61,65H,4-7,9-10,12-15,18,22-23,29-59H2,1-3H3,(H,69,70)/b11-8-,19-16-,20-17-,24-21-,27-25-,28-26-. The molecule has 0 fully saturated rings. The molecule has 3 atom stereocenters. The number of esters is 3. The van der Waals surface area contributed by atoms with Crippen molar-refractivity contribution in [3.63, 3.8) is 0 Å². The van der Waals surface area contributed by atoms with Crippen LogP contribution in [0.15, 0.2) is 72.9 Å². The van der Waals surface area contributed by atoms with E-state index in [1.54, 1.807) is 0 Å². The van der Waals surface area contributed by atoms with E-state index in [1.165, 1.54) is 96.3 Å². The molecule has 0 aromatic rings. The molecule has 0 aliphatic carbocycles. The maximum absolute atomic E-state index is 12.9. The number of carbonyl (C=O) groups excluding carboxylic acids is 3. The van der Waals surface area contributed by atoms with Crippen LogP contribution in [0, 0.1) is 0 Å². The highest BCUT2D eigenvalue weighted by Crippen LogP contribution is 2.43. The minimum Gasteiger partial charge on any atom is -0.462 e. The van der Waals surface area contributed by atoms with E-state index in [0.29, 0.717) is 19.3 Å². The quantitative estimate of drug-likeness (QED) is 0.0197. The summed E-state index contributed by atoms with van der Waals surface area (Å²) in [7, 11) is -4.76. The van der Waals surface area contributed by atoms with Gasteiger partial charge >= 0.3 is 25.7 Å². The van der Waals surface area contributed by atoms with Crippen molar-refractivity contribution in [3.8, 4) is 0 Å². The fourth-order valence-corrected chi connectivity index (χ4v) is 9.18. The summed E-state index contributed by atoms with van der Waals surface area (Å²) in [6, 6.07) is 0. The number of rotatable bonds is 57. The highest BCUT2D eigenvalue weighted by atomic mass is 31.2. The molecule has 3 unspecified atom stereocenters. The normalized spacial score (nSPS) is 13.8. The van der Waals surface area contributed by atoms with E-state index in [-0.39, 0.29) is 25.9 Å². The molecule has 0 aliphatic heterocycles. The second-order valence-electron chi connectivity index (χ2n) is 20.5. The van der Waals surface area contributed by atoms with Crippen molar-refractivity contribution in [2.24, 2.45) is 0 Å². The molecule has 0 amide bonds. The molecule has 0 bridgehead atoms. The van der Waals surface area contributed by atoms with E-state index in [1.807, 2.05) is 0 Å². The van der Waals surface area contributed by atoms with Crippen LogP contribution in [0.2, 0.25) is 0 Å². The number of aliphatic hydroxyl groups is 1. The summed E-state index contributed by atoms with van der Waals surface area (Å²) in [6.07, 6.45) is 65.6. The molecule has 76 heavy (non-hydrogen) atoms. The SMILES string of the molecule is CC/C=C\C/C=C\C/C=C\CCCCCCCCCC(=O)OCC(COP(=O)(O)OCC(CO)OC(=O)CCCCCCC/C=C\CCCCCC)OC(=O)CCCCCCCCCCC/C=C\C/C=C\CCCCC. The number of phosphoric acid groups is 1. The summed E-state index contributed by atoms with van der Waals surface area (Å²) in [6.45, 7) is 4.50. The van der Waals surface area contributed by atoms with Crippen molar-refractivity contribution in [1.82, 2.24) is 0 Å². The molecule has 0 spiro atoms. The van der Waals surface area contributed by atoms with Crippen LogP contribution in [0.3, 0.4) is 0 Å². The Bertz CT molecular complexity index is 1550. The molecule has 0 aromatic carbocycles. The van der Waals surface area contributed by atoms with Gasteiger partial charge in [-0.05, 0) is 109 Å². The van der Waals surface area contributed by atoms with Gasteiger partial charge in [0.1, 0.15) is 12.7 Å². The Kier molecular flexibility index (Phi) is 55.7. The summed E-state index contributed by atoms with van der Waals surface area (Å²) in [5.41, 5.74) is 0. The predicted octanol–water partition coefficient (Wildman–Crippen LogP) is 18.5. The van der Waals surface area contributed by atoms with E-state index in [2.05, 4.69) is 93.7 Å². The van der Waals surface area contributed by atoms with Crippen molar-refractivity contribution in [2.75, 3.05) is 26.4 Å². The fraction of sp³-hybridized carbons (Fsp3) is 0.766. The van der Waals surface area contributed by atoms with Crippen molar-refractivity contribution in [3.05, 3.63) is 72.9 Å². The molecule has 0 heterocycles. The highest BCUT2D eigenvalue weighted by molar-refractivity contribution is 7.47. The van der Waals surface area contributed by atoms with Crippen molar-refractivity contribution < 1.29 is 52.2 Å². The van der Waals surface area contributed by atoms with Gasteiger partial charge < -0.3 is 24.2 Å². The van der Waals surface area contributed by atoms with Crippen LogP contribution in [0.1, 0.15) is 278 Å². The van der Waals surface area contributed by atoms with Gasteiger partial charge in [-0.2, -0.15) is 0 Å². The van der Waals surface area contributed by atoms with Crippen LogP contribution in [0.5, 0.6) is 0 Å². The Labute approximate surface area is 465 Å². The third kappa shape index (κ3) is 55.7. The first-order valence-electron chi connectivity index (χ1n) is 30.8. The Morgan fingerprint density at radius 3 is 1.09 bits per heavy atom. The minimum atomic E-state index is -4.76. The number of hydrogen-bond donors (Lipinski definition) is 2. The molecule has 2 N–H and O–H groups in total. The zero-order valence-electron chi connectivity index (χ0n) is 48.7. The van der Waals surface area contributed by atoms with Crippen molar-refractivity contribution in [2.45, 2.75) is 290 Å². The number of hydrogen-bond acceptors (Lipinski definition) is 10. The summed E-state index contributed by atoms with van der Waals surface area (Å²) in [5.74, 6) is -1.48. The molecular formula is C64H113O11P. The lowest BCUT2D eigenvalue weighted by Crippen LogP contribution is -2.30. The minimum absolute atomic E-state index is 0.159. The molecule has 0 aliphatic rings. The van der Waals surface area contributed by atoms with Crippen LogP contribution in [-0.4, -0.2) is 66.5 Å². The molecular weight excluding hydrogens is 976 g/mol. The van der Waals surface area contributed by atoms with Gasteiger partial charge in [0.15, 0.2) is 6.10 Å². The number of carbonyl (C=O) groups is 3. The highest BCUT2D eigenvalue weighted by Gasteiger charge is 2.28. The molecule has 440 valence electrons.